The van der Waals surface area contributed by atoms with E-state index in [-0.39, 0.29) is 11.4 Å². The summed E-state index contributed by atoms with van der Waals surface area (Å²) in [6, 6.07) is 17.3. The minimum absolute atomic E-state index is 0.0772. The molecule has 4 rings (SSSR count). The number of nitrogens with one attached hydrogen (secondary N) is 2. The lowest BCUT2D eigenvalue weighted by Gasteiger charge is -2.16. The van der Waals surface area contributed by atoms with Crippen molar-refractivity contribution in [1.29, 1.82) is 0 Å². The van der Waals surface area contributed by atoms with Crippen LogP contribution in [0.3, 0.4) is 0 Å². The Labute approximate surface area is 196 Å². The van der Waals surface area contributed by atoms with Gasteiger partial charge in [0.25, 0.3) is 11.5 Å². The van der Waals surface area contributed by atoms with Crippen LogP contribution in [0, 0.1) is 0 Å². The first-order valence-electron chi connectivity index (χ1n) is 10.2. The lowest BCUT2D eigenvalue weighted by atomic mass is 10.1. The van der Waals surface area contributed by atoms with E-state index >= 15 is 0 Å². The number of alkyl halides is 3. The van der Waals surface area contributed by atoms with E-state index in [1.165, 1.54) is 36.6 Å². The Morgan fingerprint density at radius 1 is 0.943 bits per heavy atom. The summed E-state index contributed by atoms with van der Waals surface area (Å²) in [7, 11) is 0. The monoisotopic (exact) mass is 482 g/mol. The quantitative estimate of drug-likeness (QED) is 0.423. The van der Waals surface area contributed by atoms with E-state index in [1.807, 2.05) is 0 Å². The fourth-order valence-corrected chi connectivity index (χ4v) is 3.22. The number of carbonyl (C=O) groups excluding carboxylic acids is 2. The average Bonchev–Trinajstić information content (AvgIpc) is 3.37. The third-order valence-electron chi connectivity index (χ3n) is 4.83. The summed E-state index contributed by atoms with van der Waals surface area (Å²) >= 11 is 0. The molecule has 8 nitrogen and oxygen atoms in total. The number of aromatic nitrogens is 2. The number of benzene rings is 2. The third kappa shape index (κ3) is 5.64. The summed E-state index contributed by atoms with van der Waals surface area (Å²) in [6.45, 7) is -0.603. The molecule has 0 atom stereocenters. The highest BCUT2D eigenvalue weighted by molar-refractivity contribution is 6.02. The minimum Gasteiger partial charge on any atom is -0.459 e. The maximum Gasteiger partial charge on any atom is 0.418 e. The Morgan fingerprint density at radius 3 is 2.40 bits per heavy atom. The number of hydrogen-bond donors (Lipinski definition) is 2. The summed E-state index contributed by atoms with van der Waals surface area (Å²) in [5, 5.41) is 8.61. The highest BCUT2D eigenvalue weighted by Gasteiger charge is 2.34. The van der Waals surface area contributed by atoms with Crippen LogP contribution >= 0.6 is 0 Å². The van der Waals surface area contributed by atoms with Gasteiger partial charge in [0.15, 0.2) is 5.76 Å². The van der Waals surface area contributed by atoms with Gasteiger partial charge in [0.2, 0.25) is 5.91 Å². The fraction of sp³-hybridized carbons (Fsp3) is 0.0833. The van der Waals surface area contributed by atoms with Crippen molar-refractivity contribution in [2.75, 3.05) is 10.6 Å². The summed E-state index contributed by atoms with van der Waals surface area (Å²) < 4.78 is 46.8. The zero-order chi connectivity index (χ0) is 25.0. The van der Waals surface area contributed by atoms with Crippen molar-refractivity contribution in [3.63, 3.8) is 0 Å². The molecule has 2 amide bonds. The van der Waals surface area contributed by atoms with Crippen molar-refractivity contribution >= 4 is 23.2 Å². The summed E-state index contributed by atoms with van der Waals surface area (Å²) in [5.74, 6) is -1.70. The van der Waals surface area contributed by atoms with Crippen molar-refractivity contribution in [3.8, 4) is 11.3 Å². The Morgan fingerprint density at radius 2 is 1.71 bits per heavy atom. The van der Waals surface area contributed by atoms with Crippen molar-refractivity contribution < 1.29 is 27.2 Å². The lowest BCUT2D eigenvalue weighted by molar-refractivity contribution is -0.136. The molecule has 0 saturated carbocycles. The smallest absolute Gasteiger partial charge is 0.418 e. The van der Waals surface area contributed by atoms with E-state index in [4.69, 9.17) is 4.42 Å². The molecule has 0 saturated heterocycles. The number of rotatable bonds is 6. The average molecular weight is 482 g/mol. The van der Waals surface area contributed by atoms with Gasteiger partial charge in [-0.15, -0.1) is 0 Å². The Balaban J connectivity index is 1.54. The van der Waals surface area contributed by atoms with Gasteiger partial charge in [-0.25, -0.2) is 4.68 Å². The zero-order valence-electron chi connectivity index (χ0n) is 17.9. The van der Waals surface area contributed by atoms with Crippen LogP contribution in [0.25, 0.3) is 11.3 Å². The molecule has 0 bridgehead atoms. The molecule has 0 radical (unpaired) electrons. The van der Waals surface area contributed by atoms with Crippen LogP contribution in [0.4, 0.5) is 24.5 Å². The largest absolute Gasteiger partial charge is 0.459 e. The molecule has 178 valence electrons. The van der Waals surface area contributed by atoms with Crippen molar-refractivity contribution in [2.45, 2.75) is 12.7 Å². The summed E-state index contributed by atoms with van der Waals surface area (Å²) in [4.78, 5) is 36.7. The van der Waals surface area contributed by atoms with Gasteiger partial charge >= 0.3 is 6.18 Å². The molecule has 2 aromatic heterocycles. The Hall–Kier alpha value is -4.67. The predicted octanol–water partition coefficient (Wildman–Crippen LogP) is 4.41. The van der Waals surface area contributed by atoms with E-state index in [0.717, 1.165) is 10.7 Å². The number of amides is 2. The highest BCUT2D eigenvalue weighted by atomic mass is 19.4. The molecule has 2 N–H and O–H groups in total. The molecule has 0 aliphatic carbocycles. The molecule has 4 aromatic rings. The minimum atomic E-state index is -4.84. The molecule has 0 fully saturated rings. The van der Waals surface area contributed by atoms with Crippen LogP contribution in [0.5, 0.6) is 0 Å². The number of carbonyl (C=O) groups is 2. The van der Waals surface area contributed by atoms with Gasteiger partial charge in [0.05, 0.1) is 23.2 Å². The predicted molar refractivity (Wildman–Crippen MR) is 121 cm³/mol. The first-order valence-corrected chi connectivity index (χ1v) is 10.2. The van der Waals surface area contributed by atoms with Crippen LogP contribution in [0.15, 0.2) is 88.3 Å². The van der Waals surface area contributed by atoms with E-state index in [2.05, 4.69) is 15.7 Å². The first-order chi connectivity index (χ1) is 16.7. The standard InChI is InChI=1S/C24H17F3N4O4/c25-24(26,27)17-13-16(28-23(34)20-7-4-12-35-20)8-9-19(17)29-21(32)14-31-22(33)11-10-18(30-31)15-5-2-1-3-6-15/h1-13H,14H2,(H,28,34)(H,29,32). The molecule has 35 heavy (non-hydrogen) atoms. The van der Waals surface area contributed by atoms with E-state index in [9.17, 15) is 27.6 Å². The number of anilines is 2. The zero-order valence-corrected chi connectivity index (χ0v) is 17.9. The van der Waals surface area contributed by atoms with Crippen LogP contribution in [-0.4, -0.2) is 21.6 Å². The second-order valence-electron chi connectivity index (χ2n) is 7.32. The maximum atomic E-state index is 13.7. The Kier molecular flexibility index (Phi) is 6.49. The van der Waals surface area contributed by atoms with Crippen LogP contribution in [0.1, 0.15) is 16.1 Å². The van der Waals surface area contributed by atoms with Crippen molar-refractivity contribution in [1.82, 2.24) is 9.78 Å². The molecule has 0 spiro atoms. The number of nitrogens with zero attached hydrogens (tertiary/aromatic N) is 2. The van der Waals surface area contributed by atoms with Crippen LogP contribution < -0.4 is 16.2 Å². The fourth-order valence-electron chi connectivity index (χ4n) is 3.22. The summed E-state index contributed by atoms with van der Waals surface area (Å²) in [5.41, 5.74) is -1.33. The lowest BCUT2D eigenvalue weighted by Crippen LogP contribution is -2.30. The summed E-state index contributed by atoms with van der Waals surface area (Å²) in [6.07, 6.45) is -3.58. The Bertz CT molecular complexity index is 1410. The molecule has 0 aliphatic rings. The normalized spacial score (nSPS) is 11.2. The molecule has 0 aliphatic heterocycles. The van der Waals surface area contributed by atoms with Crippen molar-refractivity contribution in [2.24, 2.45) is 0 Å². The van der Waals surface area contributed by atoms with E-state index in [1.54, 1.807) is 30.3 Å². The molecule has 2 aromatic carbocycles. The van der Waals surface area contributed by atoms with E-state index < -0.39 is 41.3 Å². The van der Waals surface area contributed by atoms with Gasteiger partial charge in [-0.05, 0) is 36.4 Å². The van der Waals surface area contributed by atoms with Crippen LogP contribution in [-0.2, 0) is 17.5 Å². The second-order valence-corrected chi connectivity index (χ2v) is 7.32. The number of hydrogen-bond acceptors (Lipinski definition) is 5. The van der Waals surface area contributed by atoms with Gasteiger partial charge in [0, 0.05) is 17.3 Å². The molecular weight excluding hydrogens is 465 g/mol. The maximum absolute atomic E-state index is 13.7. The SMILES string of the molecule is O=C(Cn1nc(-c2ccccc2)ccc1=O)Nc1ccc(NC(=O)c2ccco2)cc1C(F)(F)F. The second kappa shape index (κ2) is 9.67. The molecule has 0 unspecified atom stereocenters. The molecule has 11 heteroatoms. The van der Waals surface area contributed by atoms with Crippen molar-refractivity contribution in [3.05, 3.63) is 101 Å². The van der Waals surface area contributed by atoms with Gasteiger partial charge < -0.3 is 15.1 Å². The van der Waals surface area contributed by atoms with Gasteiger partial charge in [-0.2, -0.15) is 18.3 Å². The van der Waals surface area contributed by atoms with Gasteiger partial charge in [0.1, 0.15) is 6.54 Å². The first kappa shape index (κ1) is 23.5. The van der Waals surface area contributed by atoms with Gasteiger partial charge in [-0.3, -0.25) is 14.4 Å². The molecular formula is C24H17F3N4O4. The van der Waals surface area contributed by atoms with Gasteiger partial charge in [-0.1, -0.05) is 30.3 Å². The topological polar surface area (TPSA) is 106 Å². The number of halogens is 3. The number of furan rings is 1. The van der Waals surface area contributed by atoms with E-state index in [0.29, 0.717) is 17.3 Å². The van der Waals surface area contributed by atoms with Crippen LogP contribution in [0.2, 0.25) is 0 Å². The highest BCUT2D eigenvalue weighted by Crippen LogP contribution is 2.36. The molecule has 2 heterocycles. The third-order valence-corrected chi connectivity index (χ3v) is 4.83.